The molecule has 4 aromatic rings. The van der Waals surface area contributed by atoms with E-state index in [1.165, 1.54) is 12.8 Å². The maximum absolute atomic E-state index is 12.7. The van der Waals surface area contributed by atoms with Gasteiger partial charge in [0.25, 0.3) is 5.91 Å². The second-order valence-electron chi connectivity index (χ2n) is 7.15. The number of carbonyl (C=O) groups is 1. The van der Waals surface area contributed by atoms with Crippen molar-refractivity contribution < 1.29 is 4.79 Å². The molecular formula is C22H20N6O. The molecule has 1 aromatic carbocycles. The Morgan fingerprint density at radius 3 is 2.62 bits per heavy atom. The van der Waals surface area contributed by atoms with Crippen LogP contribution < -0.4 is 10.2 Å². The predicted molar refractivity (Wildman–Crippen MR) is 113 cm³/mol. The summed E-state index contributed by atoms with van der Waals surface area (Å²) in [5.74, 6) is -0.261. The van der Waals surface area contributed by atoms with Crippen LogP contribution in [0, 0.1) is 0 Å². The van der Waals surface area contributed by atoms with E-state index in [2.05, 4.69) is 36.4 Å². The average Bonchev–Trinajstić information content (AvgIpc) is 3.44. The van der Waals surface area contributed by atoms with Gasteiger partial charge >= 0.3 is 0 Å². The minimum atomic E-state index is -0.261. The molecule has 5 rings (SSSR count). The van der Waals surface area contributed by atoms with E-state index >= 15 is 0 Å². The highest BCUT2D eigenvalue weighted by molar-refractivity contribution is 6.11. The molecule has 0 atom stereocenters. The fourth-order valence-corrected chi connectivity index (χ4v) is 3.73. The highest BCUT2D eigenvalue weighted by Crippen LogP contribution is 2.29. The van der Waals surface area contributed by atoms with Crippen LogP contribution in [0.3, 0.4) is 0 Å². The molecule has 2 N–H and O–H groups in total. The molecule has 3 aromatic heterocycles. The third-order valence-corrected chi connectivity index (χ3v) is 5.24. The first-order chi connectivity index (χ1) is 14.3. The largest absolute Gasteiger partial charge is 0.370 e. The summed E-state index contributed by atoms with van der Waals surface area (Å²) in [6, 6.07) is 11.6. The number of rotatable bonds is 4. The average molecular weight is 384 g/mol. The molecule has 1 fully saturated rings. The highest BCUT2D eigenvalue weighted by Gasteiger charge is 2.16. The van der Waals surface area contributed by atoms with Gasteiger partial charge in [-0.3, -0.25) is 19.9 Å². The molecule has 0 spiro atoms. The Morgan fingerprint density at radius 1 is 0.966 bits per heavy atom. The van der Waals surface area contributed by atoms with Crippen LogP contribution in [-0.4, -0.2) is 39.2 Å². The molecule has 0 aliphatic carbocycles. The number of pyridine rings is 2. The van der Waals surface area contributed by atoms with Crippen molar-refractivity contribution in [2.75, 3.05) is 23.3 Å². The summed E-state index contributed by atoms with van der Waals surface area (Å²) < 4.78 is 0. The molecule has 1 saturated heterocycles. The molecule has 0 radical (unpaired) electrons. The molecule has 1 aliphatic rings. The minimum absolute atomic E-state index is 0.261. The summed E-state index contributed by atoms with van der Waals surface area (Å²) >= 11 is 0. The topological polar surface area (TPSA) is 86.8 Å². The van der Waals surface area contributed by atoms with Crippen molar-refractivity contribution >= 4 is 28.2 Å². The highest BCUT2D eigenvalue weighted by atomic mass is 16.1. The number of nitrogens with zero attached hydrogens (tertiary/aromatic N) is 4. The summed E-state index contributed by atoms with van der Waals surface area (Å²) in [6.07, 6.45) is 9.49. The third-order valence-electron chi connectivity index (χ3n) is 5.24. The van der Waals surface area contributed by atoms with Gasteiger partial charge in [0.1, 0.15) is 0 Å². The third kappa shape index (κ3) is 3.42. The van der Waals surface area contributed by atoms with Crippen LogP contribution in [0.5, 0.6) is 0 Å². The van der Waals surface area contributed by atoms with E-state index in [-0.39, 0.29) is 5.91 Å². The quantitative estimate of drug-likeness (QED) is 0.558. The molecule has 7 nitrogen and oxygen atoms in total. The normalized spacial score (nSPS) is 13.7. The standard InChI is InChI=1S/C22H20N6O/c29-22(25-17-5-7-23-8-6-17)21-19-12-15(3-4-20(19)26-27-21)16-11-18(14-24-13-16)28-9-1-2-10-28/h3-8,11-14H,1-2,9-10H2,(H,26,27)(H,23,25,29). The summed E-state index contributed by atoms with van der Waals surface area (Å²) in [5.41, 5.74) is 5.03. The Hall–Kier alpha value is -3.74. The van der Waals surface area contributed by atoms with E-state index in [9.17, 15) is 4.79 Å². The van der Waals surface area contributed by atoms with Crippen LogP contribution in [0.4, 0.5) is 11.4 Å². The van der Waals surface area contributed by atoms with Crippen LogP contribution in [0.1, 0.15) is 23.3 Å². The number of fused-ring (bicyclic) bond motifs is 1. The van der Waals surface area contributed by atoms with Crippen LogP contribution in [0.2, 0.25) is 0 Å². The minimum Gasteiger partial charge on any atom is -0.370 e. The van der Waals surface area contributed by atoms with E-state index < -0.39 is 0 Å². The molecule has 7 heteroatoms. The monoisotopic (exact) mass is 384 g/mol. The van der Waals surface area contributed by atoms with Gasteiger partial charge in [-0.05, 0) is 48.7 Å². The van der Waals surface area contributed by atoms with Crippen LogP contribution in [0.25, 0.3) is 22.0 Å². The molecule has 0 unspecified atom stereocenters. The van der Waals surface area contributed by atoms with Gasteiger partial charge in [-0.2, -0.15) is 5.10 Å². The van der Waals surface area contributed by atoms with Gasteiger partial charge in [-0.1, -0.05) is 6.07 Å². The van der Waals surface area contributed by atoms with E-state index in [0.29, 0.717) is 11.4 Å². The van der Waals surface area contributed by atoms with Gasteiger partial charge in [0.15, 0.2) is 5.69 Å². The first kappa shape index (κ1) is 17.4. The molecule has 29 heavy (non-hydrogen) atoms. The Morgan fingerprint density at radius 2 is 1.79 bits per heavy atom. The van der Waals surface area contributed by atoms with Crippen molar-refractivity contribution in [3.05, 3.63) is 66.9 Å². The molecule has 1 aliphatic heterocycles. The van der Waals surface area contributed by atoms with Crippen molar-refractivity contribution in [1.29, 1.82) is 0 Å². The van der Waals surface area contributed by atoms with E-state index in [1.807, 2.05) is 30.6 Å². The van der Waals surface area contributed by atoms with Crippen LogP contribution in [0.15, 0.2) is 61.2 Å². The van der Waals surface area contributed by atoms with Crippen molar-refractivity contribution in [2.24, 2.45) is 0 Å². The number of anilines is 2. The molecule has 0 bridgehead atoms. The van der Waals surface area contributed by atoms with E-state index in [4.69, 9.17) is 0 Å². The number of carbonyl (C=O) groups excluding carboxylic acids is 1. The van der Waals surface area contributed by atoms with Gasteiger partial charge in [-0.15, -0.1) is 0 Å². The zero-order valence-electron chi connectivity index (χ0n) is 15.8. The second-order valence-corrected chi connectivity index (χ2v) is 7.15. The van der Waals surface area contributed by atoms with Gasteiger partial charge < -0.3 is 10.2 Å². The zero-order chi connectivity index (χ0) is 19.6. The lowest BCUT2D eigenvalue weighted by molar-refractivity contribution is 0.102. The maximum atomic E-state index is 12.7. The number of aromatic nitrogens is 4. The number of hydrogen-bond acceptors (Lipinski definition) is 5. The summed E-state index contributed by atoms with van der Waals surface area (Å²) in [4.78, 5) is 23.5. The zero-order valence-corrected chi connectivity index (χ0v) is 15.8. The van der Waals surface area contributed by atoms with Crippen LogP contribution in [-0.2, 0) is 0 Å². The van der Waals surface area contributed by atoms with E-state index in [0.717, 1.165) is 40.8 Å². The number of aromatic amines is 1. The number of H-pyrrole nitrogens is 1. The molecule has 1 amide bonds. The first-order valence-corrected chi connectivity index (χ1v) is 9.68. The van der Waals surface area contributed by atoms with Crippen molar-refractivity contribution in [3.8, 4) is 11.1 Å². The lowest BCUT2D eigenvalue weighted by Gasteiger charge is -2.17. The van der Waals surface area contributed by atoms with Gasteiger partial charge in [0, 0.05) is 48.3 Å². The smallest absolute Gasteiger partial charge is 0.276 e. The fraction of sp³-hybridized carbons (Fsp3) is 0.182. The summed E-state index contributed by atoms with van der Waals surface area (Å²) in [5, 5.41) is 10.8. The first-order valence-electron chi connectivity index (χ1n) is 9.68. The number of nitrogens with one attached hydrogen (secondary N) is 2. The summed E-state index contributed by atoms with van der Waals surface area (Å²) in [6.45, 7) is 2.15. The lowest BCUT2D eigenvalue weighted by Crippen LogP contribution is -2.17. The maximum Gasteiger partial charge on any atom is 0.276 e. The second kappa shape index (κ2) is 7.35. The van der Waals surface area contributed by atoms with Crippen molar-refractivity contribution in [3.63, 3.8) is 0 Å². The predicted octanol–water partition coefficient (Wildman–Crippen LogP) is 3.87. The molecule has 4 heterocycles. The Labute approximate surface area is 167 Å². The van der Waals surface area contributed by atoms with Gasteiger partial charge in [0.2, 0.25) is 0 Å². The van der Waals surface area contributed by atoms with Crippen molar-refractivity contribution in [1.82, 2.24) is 20.2 Å². The van der Waals surface area contributed by atoms with E-state index in [1.54, 1.807) is 24.5 Å². The van der Waals surface area contributed by atoms with Gasteiger partial charge in [0.05, 0.1) is 17.4 Å². The number of benzene rings is 1. The number of amides is 1. The Bertz CT molecular complexity index is 1160. The fourth-order valence-electron chi connectivity index (χ4n) is 3.73. The number of hydrogen-bond donors (Lipinski definition) is 2. The van der Waals surface area contributed by atoms with Crippen LogP contribution >= 0.6 is 0 Å². The Balaban J connectivity index is 1.48. The molecule has 0 saturated carbocycles. The van der Waals surface area contributed by atoms with Crippen molar-refractivity contribution in [2.45, 2.75) is 12.8 Å². The SMILES string of the molecule is O=C(Nc1ccncc1)c1n[nH]c2ccc(-c3cncc(N4CCCC4)c3)cc12. The molecular weight excluding hydrogens is 364 g/mol. The summed E-state index contributed by atoms with van der Waals surface area (Å²) in [7, 11) is 0. The lowest BCUT2D eigenvalue weighted by atomic mass is 10.0. The Kier molecular flexibility index (Phi) is 4.40. The molecule has 144 valence electrons. The van der Waals surface area contributed by atoms with Gasteiger partial charge in [-0.25, -0.2) is 0 Å².